The van der Waals surface area contributed by atoms with Gasteiger partial charge in [-0.05, 0) is 13.8 Å². The molecule has 0 bridgehead atoms. The summed E-state index contributed by atoms with van der Waals surface area (Å²) in [6.45, 7) is 3.62. The van der Waals surface area contributed by atoms with E-state index in [0.29, 0.717) is 23.0 Å². The molecule has 0 aliphatic rings. The molecule has 0 spiro atoms. The van der Waals surface area contributed by atoms with Crippen LogP contribution in [-0.4, -0.2) is 30.8 Å². The van der Waals surface area contributed by atoms with E-state index in [1.54, 1.807) is 29.5 Å². The Morgan fingerprint density at radius 2 is 2.07 bits per heavy atom. The molecule has 2 aromatic heterocycles. The van der Waals surface area contributed by atoms with E-state index in [0.717, 1.165) is 6.29 Å². The Bertz CT molecular complexity index is 511. The molecule has 0 saturated carbocycles. The highest BCUT2D eigenvalue weighted by molar-refractivity contribution is 5.79. The standard InChI is InChI=1S/C9H11N5O/c1-6-10-7(2)14(11-6)9-8(5-15)4-13(3)12-9/h4-5H,1-3H3. The Morgan fingerprint density at radius 1 is 1.33 bits per heavy atom. The van der Waals surface area contributed by atoms with Crippen molar-refractivity contribution >= 4 is 6.29 Å². The molecule has 2 rings (SSSR count). The predicted octanol–water partition coefficient (Wildman–Crippen LogP) is 0.430. The Morgan fingerprint density at radius 3 is 2.60 bits per heavy atom. The number of hydrogen-bond donors (Lipinski definition) is 0. The quantitative estimate of drug-likeness (QED) is 0.667. The van der Waals surface area contributed by atoms with Crippen molar-refractivity contribution in [3.8, 4) is 5.82 Å². The smallest absolute Gasteiger partial charge is 0.187 e. The second kappa shape index (κ2) is 3.30. The fourth-order valence-electron chi connectivity index (χ4n) is 1.46. The van der Waals surface area contributed by atoms with Crippen LogP contribution in [0.2, 0.25) is 0 Å². The van der Waals surface area contributed by atoms with E-state index in [-0.39, 0.29) is 0 Å². The predicted molar refractivity (Wildman–Crippen MR) is 53.0 cm³/mol. The molecule has 2 aromatic rings. The van der Waals surface area contributed by atoms with Gasteiger partial charge in [-0.1, -0.05) is 0 Å². The summed E-state index contributed by atoms with van der Waals surface area (Å²) in [5.74, 6) is 1.90. The van der Waals surface area contributed by atoms with Crippen LogP contribution in [0.5, 0.6) is 0 Å². The molecule has 6 heteroatoms. The number of hydrogen-bond acceptors (Lipinski definition) is 4. The molecule has 2 heterocycles. The van der Waals surface area contributed by atoms with E-state index in [4.69, 9.17) is 0 Å². The zero-order valence-electron chi connectivity index (χ0n) is 8.80. The first kappa shape index (κ1) is 9.57. The van der Waals surface area contributed by atoms with Crippen molar-refractivity contribution in [1.82, 2.24) is 24.5 Å². The van der Waals surface area contributed by atoms with Gasteiger partial charge in [0.25, 0.3) is 0 Å². The number of aldehydes is 1. The van der Waals surface area contributed by atoms with Crippen LogP contribution in [0.1, 0.15) is 22.0 Å². The van der Waals surface area contributed by atoms with E-state index < -0.39 is 0 Å². The molecule has 0 aliphatic heterocycles. The summed E-state index contributed by atoms with van der Waals surface area (Å²) in [6.07, 6.45) is 2.41. The first-order valence-corrected chi connectivity index (χ1v) is 4.51. The van der Waals surface area contributed by atoms with Gasteiger partial charge in [-0.2, -0.15) is 9.78 Å². The van der Waals surface area contributed by atoms with Gasteiger partial charge in [-0.3, -0.25) is 9.48 Å². The molecule has 0 aliphatic carbocycles. The highest BCUT2D eigenvalue weighted by atomic mass is 16.1. The fourth-order valence-corrected chi connectivity index (χ4v) is 1.46. The molecule has 15 heavy (non-hydrogen) atoms. The summed E-state index contributed by atoms with van der Waals surface area (Å²) in [4.78, 5) is 15.0. The molecular formula is C9H11N5O. The van der Waals surface area contributed by atoms with Crippen molar-refractivity contribution < 1.29 is 4.79 Å². The highest BCUT2D eigenvalue weighted by Crippen LogP contribution is 2.11. The summed E-state index contributed by atoms with van der Waals surface area (Å²) < 4.78 is 3.15. The lowest BCUT2D eigenvalue weighted by molar-refractivity contribution is 0.112. The number of aromatic nitrogens is 5. The SMILES string of the molecule is Cc1nc(C)n(-c2nn(C)cc2C=O)n1. The fraction of sp³-hybridized carbons (Fsp3) is 0.333. The normalized spacial score (nSPS) is 10.6. The van der Waals surface area contributed by atoms with Crippen LogP contribution in [0, 0.1) is 13.8 Å². The second-order valence-electron chi connectivity index (χ2n) is 3.32. The van der Waals surface area contributed by atoms with E-state index in [1.165, 1.54) is 0 Å². The first-order valence-electron chi connectivity index (χ1n) is 4.51. The Balaban J connectivity index is 2.62. The molecule has 0 atom stereocenters. The van der Waals surface area contributed by atoms with Gasteiger partial charge in [-0.15, -0.1) is 5.10 Å². The number of carbonyl (C=O) groups is 1. The van der Waals surface area contributed by atoms with Gasteiger partial charge in [0.15, 0.2) is 12.1 Å². The maximum absolute atomic E-state index is 10.8. The summed E-state index contributed by atoms with van der Waals surface area (Å²) in [6, 6.07) is 0. The van der Waals surface area contributed by atoms with Crippen LogP contribution in [0.15, 0.2) is 6.20 Å². The van der Waals surface area contributed by atoms with Crippen molar-refractivity contribution in [2.24, 2.45) is 7.05 Å². The molecule has 0 unspecified atom stereocenters. The van der Waals surface area contributed by atoms with E-state index >= 15 is 0 Å². The average Bonchev–Trinajstić information content (AvgIpc) is 2.69. The van der Waals surface area contributed by atoms with Gasteiger partial charge in [0, 0.05) is 13.2 Å². The minimum atomic E-state index is 0.505. The van der Waals surface area contributed by atoms with Crippen LogP contribution in [0.4, 0.5) is 0 Å². The average molecular weight is 205 g/mol. The minimum absolute atomic E-state index is 0.505. The minimum Gasteiger partial charge on any atom is -0.298 e. The number of carbonyl (C=O) groups excluding carboxylic acids is 1. The number of nitrogens with zero attached hydrogens (tertiary/aromatic N) is 5. The van der Waals surface area contributed by atoms with Crippen LogP contribution < -0.4 is 0 Å². The summed E-state index contributed by atoms with van der Waals surface area (Å²) in [7, 11) is 1.76. The zero-order valence-corrected chi connectivity index (χ0v) is 8.80. The molecule has 6 nitrogen and oxygen atoms in total. The maximum atomic E-state index is 10.8. The lowest BCUT2D eigenvalue weighted by Crippen LogP contribution is -2.03. The maximum Gasteiger partial charge on any atom is 0.187 e. The van der Waals surface area contributed by atoms with Crippen LogP contribution in [0.25, 0.3) is 5.82 Å². The van der Waals surface area contributed by atoms with Crippen LogP contribution in [0.3, 0.4) is 0 Å². The monoisotopic (exact) mass is 205 g/mol. The molecular weight excluding hydrogens is 194 g/mol. The molecule has 78 valence electrons. The molecule has 0 amide bonds. The Hall–Kier alpha value is -1.98. The third-order valence-corrected chi connectivity index (χ3v) is 2.04. The van der Waals surface area contributed by atoms with Crippen LogP contribution >= 0.6 is 0 Å². The molecule has 0 saturated heterocycles. The highest BCUT2D eigenvalue weighted by Gasteiger charge is 2.13. The van der Waals surface area contributed by atoms with Crippen molar-refractivity contribution in [3.05, 3.63) is 23.4 Å². The molecule has 0 fully saturated rings. The number of rotatable bonds is 2. The van der Waals surface area contributed by atoms with E-state index in [2.05, 4.69) is 15.2 Å². The molecule has 0 radical (unpaired) electrons. The van der Waals surface area contributed by atoms with E-state index in [1.807, 2.05) is 6.92 Å². The van der Waals surface area contributed by atoms with Crippen molar-refractivity contribution in [1.29, 1.82) is 0 Å². The van der Waals surface area contributed by atoms with Crippen LogP contribution in [-0.2, 0) is 7.05 Å². The first-order chi connectivity index (χ1) is 7.11. The Kier molecular flexibility index (Phi) is 2.11. The van der Waals surface area contributed by atoms with Gasteiger partial charge in [0.2, 0.25) is 0 Å². The number of aryl methyl sites for hydroxylation is 3. The van der Waals surface area contributed by atoms with Crippen molar-refractivity contribution in [2.45, 2.75) is 13.8 Å². The van der Waals surface area contributed by atoms with Crippen molar-refractivity contribution in [3.63, 3.8) is 0 Å². The lowest BCUT2D eigenvalue weighted by atomic mass is 10.3. The topological polar surface area (TPSA) is 65.6 Å². The second-order valence-corrected chi connectivity index (χ2v) is 3.32. The lowest BCUT2D eigenvalue weighted by Gasteiger charge is -1.97. The van der Waals surface area contributed by atoms with Crippen molar-refractivity contribution in [2.75, 3.05) is 0 Å². The summed E-state index contributed by atoms with van der Waals surface area (Å²) in [5.41, 5.74) is 0.505. The largest absolute Gasteiger partial charge is 0.298 e. The zero-order chi connectivity index (χ0) is 11.0. The summed E-state index contributed by atoms with van der Waals surface area (Å²) >= 11 is 0. The molecule has 0 aromatic carbocycles. The van der Waals surface area contributed by atoms with Gasteiger partial charge >= 0.3 is 0 Å². The summed E-state index contributed by atoms with van der Waals surface area (Å²) in [5, 5.41) is 8.34. The van der Waals surface area contributed by atoms with Gasteiger partial charge in [-0.25, -0.2) is 4.98 Å². The molecule has 0 N–H and O–H groups in total. The Labute approximate surface area is 86.5 Å². The van der Waals surface area contributed by atoms with E-state index in [9.17, 15) is 4.79 Å². The van der Waals surface area contributed by atoms with Gasteiger partial charge < -0.3 is 0 Å². The van der Waals surface area contributed by atoms with Gasteiger partial charge in [0.05, 0.1) is 5.56 Å². The third kappa shape index (κ3) is 1.54. The third-order valence-electron chi connectivity index (χ3n) is 2.04. The van der Waals surface area contributed by atoms with Gasteiger partial charge in [0.1, 0.15) is 11.6 Å².